The molecule has 2 aliphatic rings. The van der Waals surface area contributed by atoms with Crippen LogP contribution in [0.15, 0.2) is 0 Å². The second-order valence-corrected chi connectivity index (χ2v) is 5.09. The molecule has 0 unspecified atom stereocenters. The monoisotopic (exact) mass is 174 g/mol. The van der Waals surface area contributed by atoms with Gasteiger partial charge in [0.15, 0.2) is 0 Å². The second-order valence-electron chi connectivity index (χ2n) is 3.00. The Morgan fingerprint density at radius 3 is 2.30 bits per heavy atom. The molecule has 2 aliphatic heterocycles. The first-order valence-electron chi connectivity index (χ1n) is 3.52. The van der Waals surface area contributed by atoms with Crippen LogP contribution in [0.1, 0.15) is 6.42 Å². The lowest BCUT2D eigenvalue weighted by molar-refractivity contribution is -0.125. The van der Waals surface area contributed by atoms with E-state index in [-0.39, 0.29) is 5.41 Å². The van der Waals surface area contributed by atoms with E-state index in [1.807, 2.05) is 23.5 Å². The predicted molar refractivity (Wildman–Crippen MR) is 46.7 cm³/mol. The third-order valence-corrected chi connectivity index (χ3v) is 4.96. The summed E-state index contributed by atoms with van der Waals surface area (Å²) in [6.07, 6.45) is 0.825. The van der Waals surface area contributed by atoms with E-state index < -0.39 is 0 Å². The molecule has 0 radical (unpaired) electrons. The first kappa shape index (κ1) is 7.04. The van der Waals surface area contributed by atoms with Crippen LogP contribution in [0.4, 0.5) is 0 Å². The fourth-order valence-corrected chi connectivity index (χ4v) is 4.08. The zero-order valence-electron chi connectivity index (χ0n) is 5.76. The predicted octanol–water partition coefficient (Wildman–Crippen LogP) is 1.43. The summed E-state index contributed by atoms with van der Waals surface area (Å²) in [6.45, 7) is 0. The highest BCUT2D eigenvalue weighted by Crippen LogP contribution is 2.44. The molecule has 0 amide bonds. The minimum absolute atomic E-state index is 0.146. The van der Waals surface area contributed by atoms with Gasteiger partial charge in [0.1, 0.15) is 5.78 Å². The minimum Gasteiger partial charge on any atom is -0.299 e. The Morgan fingerprint density at radius 2 is 1.90 bits per heavy atom. The molecular formula is C7H10OS2. The Labute approximate surface area is 69.3 Å². The fourth-order valence-electron chi connectivity index (χ4n) is 1.37. The van der Waals surface area contributed by atoms with Crippen LogP contribution in [0.3, 0.4) is 0 Å². The van der Waals surface area contributed by atoms with E-state index in [4.69, 9.17) is 0 Å². The van der Waals surface area contributed by atoms with Crippen LogP contribution in [0.2, 0.25) is 0 Å². The molecule has 2 rings (SSSR count). The van der Waals surface area contributed by atoms with E-state index in [0.29, 0.717) is 5.78 Å². The van der Waals surface area contributed by atoms with Crippen LogP contribution < -0.4 is 0 Å². The average Bonchev–Trinajstić information content (AvgIpc) is 1.85. The van der Waals surface area contributed by atoms with Gasteiger partial charge in [0.2, 0.25) is 0 Å². The van der Waals surface area contributed by atoms with Crippen molar-refractivity contribution in [2.24, 2.45) is 5.41 Å². The highest BCUT2D eigenvalue weighted by molar-refractivity contribution is 8.02. The number of hydrogen-bond acceptors (Lipinski definition) is 3. The number of hydrogen-bond donors (Lipinski definition) is 0. The number of Topliss-reactive ketones (excluding diaryl/α,β-unsaturated/α-hetero) is 1. The summed E-state index contributed by atoms with van der Waals surface area (Å²) >= 11 is 3.86. The van der Waals surface area contributed by atoms with Gasteiger partial charge in [0, 0.05) is 29.4 Å². The summed E-state index contributed by atoms with van der Waals surface area (Å²) in [6, 6.07) is 0. The Hall–Kier alpha value is 0.370. The summed E-state index contributed by atoms with van der Waals surface area (Å²) in [5.41, 5.74) is 0.146. The molecule has 1 nitrogen and oxygen atoms in total. The maximum atomic E-state index is 11.4. The standard InChI is InChI=1S/C7H10OS2/c8-6-1-2-9-3-7(6)4-10-5-7/h1-5H2. The molecule has 0 aromatic carbocycles. The first-order valence-corrected chi connectivity index (χ1v) is 5.83. The lowest BCUT2D eigenvalue weighted by Crippen LogP contribution is -2.47. The molecule has 10 heavy (non-hydrogen) atoms. The molecule has 0 aromatic heterocycles. The van der Waals surface area contributed by atoms with Crippen molar-refractivity contribution in [3.05, 3.63) is 0 Å². The molecule has 0 N–H and O–H groups in total. The van der Waals surface area contributed by atoms with Crippen LogP contribution in [0.5, 0.6) is 0 Å². The third-order valence-electron chi connectivity index (χ3n) is 2.20. The largest absolute Gasteiger partial charge is 0.299 e. The van der Waals surface area contributed by atoms with E-state index in [1.165, 1.54) is 0 Å². The fraction of sp³-hybridized carbons (Fsp3) is 0.857. The van der Waals surface area contributed by atoms with E-state index in [0.717, 1.165) is 29.4 Å². The minimum atomic E-state index is 0.146. The zero-order chi connectivity index (χ0) is 7.03. The van der Waals surface area contributed by atoms with Gasteiger partial charge in [0.05, 0.1) is 5.41 Å². The van der Waals surface area contributed by atoms with Gasteiger partial charge in [-0.25, -0.2) is 0 Å². The van der Waals surface area contributed by atoms with Crippen LogP contribution in [-0.2, 0) is 4.79 Å². The zero-order valence-corrected chi connectivity index (χ0v) is 7.39. The average molecular weight is 174 g/mol. The molecule has 2 fully saturated rings. The van der Waals surface area contributed by atoms with Gasteiger partial charge in [0.25, 0.3) is 0 Å². The van der Waals surface area contributed by atoms with Crippen LogP contribution in [0, 0.1) is 5.41 Å². The number of carbonyl (C=O) groups excluding carboxylic acids is 1. The molecule has 0 aromatic rings. The molecule has 0 saturated carbocycles. The van der Waals surface area contributed by atoms with Crippen LogP contribution in [-0.4, -0.2) is 28.8 Å². The Bertz CT molecular complexity index is 163. The van der Waals surface area contributed by atoms with E-state index in [2.05, 4.69) is 0 Å². The van der Waals surface area contributed by atoms with Crippen molar-refractivity contribution in [3.8, 4) is 0 Å². The SMILES string of the molecule is O=C1CCSCC12CSC2. The summed E-state index contributed by atoms with van der Waals surface area (Å²) < 4.78 is 0. The van der Waals surface area contributed by atoms with Gasteiger partial charge in [-0.1, -0.05) is 0 Å². The second kappa shape index (κ2) is 2.45. The highest BCUT2D eigenvalue weighted by atomic mass is 32.2. The summed E-state index contributed by atoms with van der Waals surface area (Å²) in [4.78, 5) is 11.4. The Morgan fingerprint density at radius 1 is 1.20 bits per heavy atom. The quantitative estimate of drug-likeness (QED) is 0.553. The van der Waals surface area contributed by atoms with Gasteiger partial charge < -0.3 is 0 Å². The van der Waals surface area contributed by atoms with Crippen molar-refractivity contribution < 1.29 is 4.79 Å². The maximum absolute atomic E-state index is 11.4. The Kier molecular flexibility index (Phi) is 1.73. The number of ketones is 1. The molecule has 3 heteroatoms. The van der Waals surface area contributed by atoms with E-state index >= 15 is 0 Å². The van der Waals surface area contributed by atoms with Crippen molar-refractivity contribution >= 4 is 29.3 Å². The van der Waals surface area contributed by atoms with Crippen molar-refractivity contribution in [2.45, 2.75) is 6.42 Å². The van der Waals surface area contributed by atoms with Crippen molar-refractivity contribution in [2.75, 3.05) is 23.0 Å². The molecular weight excluding hydrogens is 164 g/mol. The molecule has 0 aliphatic carbocycles. The van der Waals surface area contributed by atoms with E-state index in [1.54, 1.807) is 0 Å². The summed E-state index contributed by atoms with van der Waals surface area (Å²) in [5, 5.41) is 0. The third kappa shape index (κ3) is 0.909. The lowest BCUT2D eigenvalue weighted by Gasteiger charge is -2.41. The highest BCUT2D eigenvalue weighted by Gasteiger charge is 2.45. The molecule has 1 spiro atoms. The van der Waals surface area contributed by atoms with E-state index in [9.17, 15) is 4.79 Å². The van der Waals surface area contributed by atoms with Gasteiger partial charge in [-0.05, 0) is 0 Å². The summed E-state index contributed by atoms with van der Waals surface area (Å²) in [7, 11) is 0. The Balaban J connectivity index is 2.10. The van der Waals surface area contributed by atoms with Crippen molar-refractivity contribution in [3.63, 3.8) is 0 Å². The molecule has 2 saturated heterocycles. The van der Waals surface area contributed by atoms with Crippen LogP contribution >= 0.6 is 23.5 Å². The number of thioether (sulfide) groups is 2. The molecule has 56 valence electrons. The van der Waals surface area contributed by atoms with Crippen LogP contribution in [0.25, 0.3) is 0 Å². The topological polar surface area (TPSA) is 17.1 Å². The lowest BCUT2D eigenvalue weighted by atomic mass is 9.87. The first-order chi connectivity index (χ1) is 4.83. The normalized spacial score (nSPS) is 30.2. The van der Waals surface area contributed by atoms with Gasteiger partial charge in [-0.3, -0.25) is 4.79 Å². The van der Waals surface area contributed by atoms with Crippen molar-refractivity contribution in [1.82, 2.24) is 0 Å². The smallest absolute Gasteiger partial charge is 0.142 e. The van der Waals surface area contributed by atoms with Gasteiger partial charge >= 0.3 is 0 Å². The summed E-state index contributed by atoms with van der Waals surface area (Å²) in [5.74, 6) is 4.88. The van der Waals surface area contributed by atoms with Gasteiger partial charge in [-0.2, -0.15) is 23.5 Å². The maximum Gasteiger partial charge on any atom is 0.142 e. The van der Waals surface area contributed by atoms with Gasteiger partial charge in [-0.15, -0.1) is 0 Å². The number of carbonyl (C=O) groups is 1. The number of rotatable bonds is 0. The molecule has 2 heterocycles. The molecule has 0 bridgehead atoms. The molecule has 0 atom stereocenters. The van der Waals surface area contributed by atoms with Crippen molar-refractivity contribution in [1.29, 1.82) is 0 Å².